The molecule has 1 aromatic carbocycles. The van der Waals surface area contributed by atoms with Gasteiger partial charge in [0.05, 0.1) is 0 Å². The van der Waals surface area contributed by atoms with E-state index in [0.29, 0.717) is 0 Å². The molecule has 0 bridgehead atoms. The third-order valence-electron chi connectivity index (χ3n) is 3.23. The number of allylic oxidation sites excluding steroid dienone is 7. The van der Waals surface area contributed by atoms with Crippen molar-refractivity contribution >= 4 is 5.78 Å². The van der Waals surface area contributed by atoms with Gasteiger partial charge in [0.1, 0.15) is 0 Å². The standard InChI is InChI=1S/C18H18O.3C2H6/c1-3-7-14(8-4-2)13-16-12-11-15-9-5-6-10-17(15)18(16)19;3*1-2/h3-10,13H,1,11-12H2,2H3;3*1-2H3/b8-4-,14-7+,16-13+;;;. The lowest BCUT2D eigenvalue weighted by Crippen LogP contribution is -2.14. The molecule has 0 radical (unpaired) electrons. The Hall–Kier alpha value is -2.15. The number of ketones is 1. The van der Waals surface area contributed by atoms with Gasteiger partial charge >= 0.3 is 0 Å². The van der Waals surface area contributed by atoms with Crippen LogP contribution in [0.2, 0.25) is 0 Å². The van der Waals surface area contributed by atoms with E-state index in [1.54, 1.807) is 6.08 Å². The van der Waals surface area contributed by atoms with Crippen LogP contribution >= 0.6 is 0 Å². The maximum atomic E-state index is 12.4. The smallest absolute Gasteiger partial charge is 0.189 e. The molecule has 1 heteroatoms. The van der Waals surface area contributed by atoms with Gasteiger partial charge in [-0.2, -0.15) is 0 Å². The molecule has 0 atom stereocenters. The van der Waals surface area contributed by atoms with Crippen molar-refractivity contribution in [2.45, 2.75) is 61.3 Å². The summed E-state index contributed by atoms with van der Waals surface area (Å²) in [4.78, 5) is 12.4. The van der Waals surface area contributed by atoms with Gasteiger partial charge in [-0.15, -0.1) is 0 Å². The Morgan fingerprint density at radius 2 is 1.60 bits per heavy atom. The Kier molecular flexibility index (Phi) is 16.8. The number of hydrogen-bond donors (Lipinski definition) is 0. The third kappa shape index (κ3) is 8.49. The molecule has 1 nitrogen and oxygen atoms in total. The van der Waals surface area contributed by atoms with Gasteiger partial charge < -0.3 is 0 Å². The predicted molar refractivity (Wildman–Crippen MR) is 114 cm³/mol. The number of fused-ring (bicyclic) bond motifs is 1. The summed E-state index contributed by atoms with van der Waals surface area (Å²) in [7, 11) is 0. The molecule has 0 spiro atoms. The molecular formula is C24H36O. The van der Waals surface area contributed by atoms with Gasteiger partial charge in [0.2, 0.25) is 0 Å². The van der Waals surface area contributed by atoms with Gasteiger partial charge in [0.25, 0.3) is 0 Å². The van der Waals surface area contributed by atoms with E-state index in [1.165, 1.54) is 0 Å². The van der Waals surface area contributed by atoms with E-state index in [1.807, 2.05) is 97.0 Å². The van der Waals surface area contributed by atoms with Crippen LogP contribution in [0.25, 0.3) is 0 Å². The second-order valence-electron chi connectivity index (χ2n) is 4.56. The first-order valence-corrected chi connectivity index (χ1v) is 9.55. The van der Waals surface area contributed by atoms with Gasteiger partial charge in [-0.1, -0.05) is 96.7 Å². The lowest BCUT2D eigenvalue weighted by molar-refractivity contribution is 0.102. The first-order chi connectivity index (χ1) is 12.3. The number of rotatable bonds is 3. The summed E-state index contributed by atoms with van der Waals surface area (Å²) in [6.07, 6.45) is 11.3. The van der Waals surface area contributed by atoms with Crippen LogP contribution in [0.5, 0.6) is 0 Å². The van der Waals surface area contributed by atoms with Gasteiger partial charge in [-0.25, -0.2) is 0 Å². The molecular weight excluding hydrogens is 304 g/mol. The van der Waals surface area contributed by atoms with E-state index >= 15 is 0 Å². The zero-order chi connectivity index (χ0) is 19.7. The van der Waals surface area contributed by atoms with Crippen molar-refractivity contribution in [3.05, 3.63) is 83.5 Å². The second kappa shape index (κ2) is 16.7. The van der Waals surface area contributed by atoms with Crippen molar-refractivity contribution in [1.29, 1.82) is 0 Å². The van der Waals surface area contributed by atoms with Crippen LogP contribution in [-0.4, -0.2) is 5.78 Å². The SMILES string of the molecule is C=C/C=C(\C=C/C)/C=C1\CCc2ccccc2C1=O.CC.CC.CC. The highest BCUT2D eigenvalue weighted by Gasteiger charge is 2.20. The summed E-state index contributed by atoms with van der Waals surface area (Å²) in [6, 6.07) is 7.86. The number of hydrogen-bond acceptors (Lipinski definition) is 1. The first-order valence-electron chi connectivity index (χ1n) is 9.55. The minimum absolute atomic E-state index is 0.154. The highest BCUT2D eigenvalue weighted by atomic mass is 16.1. The molecule has 0 aromatic heterocycles. The summed E-state index contributed by atoms with van der Waals surface area (Å²) < 4.78 is 0. The molecule has 0 saturated carbocycles. The summed E-state index contributed by atoms with van der Waals surface area (Å²) in [5.74, 6) is 0.154. The fraction of sp³-hybridized carbons (Fsp3) is 0.375. The minimum Gasteiger partial charge on any atom is -0.289 e. The monoisotopic (exact) mass is 340 g/mol. The van der Waals surface area contributed by atoms with Crippen molar-refractivity contribution < 1.29 is 4.79 Å². The summed E-state index contributed by atoms with van der Waals surface area (Å²) in [5.41, 5.74) is 3.90. The van der Waals surface area contributed by atoms with Gasteiger partial charge in [0, 0.05) is 11.1 Å². The lowest BCUT2D eigenvalue weighted by atomic mass is 9.86. The van der Waals surface area contributed by atoms with Crippen LogP contribution in [0, 0.1) is 0 Å². The largest absolute Gasteiger partial charge is 0.289 e. The summed E-state index contributed by atoms with van der Waals surface area (Å²) in [5, 5.41) is 0. The van der Waals surface area contributed by atoms with E-state index < -0.39 is 0 Å². The zero-order valence-corrected chi connectivity index (χ0v) is 17.2. The van der Waals surface area contributed by atoms with Crippen LogP contribution in [0.1, 0.15) is 70.8 Å². The third-order valence-corrected chi connectivity index (χ3v) is 3.23. The highest BCUT2D eigenvalue weighted by molar-refractivity contribution is 6.11. The quantitative estimate of drug-likeness (QED) is 0.411. The zero-order valence-electron chi connectivity index (χ0n) is 17.2. The molecule has 0 fully saturated rings. The Balaban J connectivity index is 0. The molecule has 0 heterocycles. The summed E-state index contributed by atoms with van der Waals surface area (Å²) in [6.45, 7) is 17.7. The van der Waals surface area contributed by atoms with Gasteiger partial charge in [-0.3, -0.25) is 4.79 Å². The van der Waals surface area contributed by atoms with Crippen molar-refractivity contribution in [2.75, 3.05) is 0 Å². The molecule has 0 unspecified atom stereocenters. The maximum absolute atomic E-state index is 12.4. The lowest BCUT2D eigenvalue weighted by Gasteiger charge is -2.17. The van der Waals surface area contributed by atoms with Crippen molar-refractivity contribution in [3.8, 4) is 0 Å². The molecule has 0 N–H and O–H groups in total. The van der Waals surface area contributed by atoms with E-state index in [4.69, 9.17) is 0 Å². The number of benzene rings is 1. The fourth-order valence-corrected chi connectivity index (χ4v) is 2.33. The van der Waals surface area contributed by atoms with Crippen molar-refractivity contribution in [1.82, 2.24) is 0 Å². The minimum atomic E-state index is 0.154. The molecule has 0 saturated heterocycles. The van der Waals surface area contributed by atoms with E-state index in [-0.39, 0.29) is 5.78 Å². The number of carbonyl (C=O) groups is 1. The molecule has 2 rings (SSSR count). The number of carbonyl (C=O) groups excluding carboxylic acids is 1. The van der Waals surface area contributed by atoms with Crippen LogP contribution in [-0.2, 0) is 6.42 Å². The molecule has 1 aliphatic rings. The number of Topliss-reactive ketones (excluding diaryl/α,β-unsaturated/α-hetero) is 1. The normalized spacial score (nSPS) is 14.3. The van der Waals surface area contributed by atoms with E-state index in [2.05, 4.69) is 6.58 Å². The second-order valence-corrected chi connectivity index (χ2v) is 4.56. The van der Waals surface area contributed by atoms with E-state index in [0.717, 1.165) is 35.1 Å². The topological polar surface area (TPSA) is 17.1 Å². The molecule has 0 aliphatic heterocycles. The Morgan fingerprint density at radius 3 is 2.16 bits per heavy atom. The maximum Gasteiger partial charge on any atom is 0.189 e. The van der Waals surface area contributed by atoms with Crippen LogP contribution in [0.4, 0.5) is 0 Å². The molecule has 138 valence electrons. The van der Waals surface area contributed by atoms with Crippen molar-refractivity contribution in [3.63, 3.8) is 0 Å². The molecule has 25 heavy (non-hydrogen) atoms. The Morgan fingerprint density at radius 1 is 1.00 bits per heavy atom. The van der Waals surface area contributed by atoms with Gasteiger partial charge in [0.15, 0.2) is 5.78 Å². The van der Waals surface area contributed by atoms with Crippen molar-refractivity contribution in [2.24, 2.45) is 0 Å². The average Bonchev–Trinajstić information content (AvgIpc) is 2.69. The molecule has 1 aromatic rings. The molecule has 0 amide bonds. The highest BCUT2D eigenvalue weighted by Crippen LogP contribution is 2.25. The Labute approximate surface area is 155 Å². The first kappa shape index (κ1) is 25.1. The number of aryl methyl sites for hydroxylation is 1. The fourth-order valence-electron chi connectivity index (χ4n) is 2.33. The summed E-state index contributed by atoms with van der Waals surface area (Å²) >= 11 is 0. The van der Waals surface area contributed by atoms with E-state index in [9.17, 15) is 4.79 Å². The van der Waals surface area contributed by atoms with Crippen LogP contribution in [0.3, 0.4) is 0 Å². The van der Waals surface area contributed by atoms with Crippen LogP contribution in [0.15, 0.2) is 72.4 Å². The van der Waals surface area contributed by atoms with Gasteiger partial charge in [-0.05, 0) is 37.0 Å². The predicted octanol–water partition coefficient (Wildman–Crippen LogP) is 7.51. The van der Waals surface area contributed by atoms with Crippen LogP contribution < -0.4 is 0 Å². The average molecular weight is 341 g/mol. The molecule has 1 aliphatic carbocycles. The Bertz CT molecular complexity index is 586.